The first kappa shape index (κ1) is 11.6. The first-order valence-corrected chi connectivity index (χ1v) is 6.69. The molecule has 1 aliphatic heterocycles. The molecule has 0 spiro atoms. The van der Waals surface area contributed by atoms with E-state index in [4.69, 9.17) is 15.2 Å². The molecule has 2 N–H and O–H groups in total. The normalized spacial score (nSPS) is 15.9. The Bertz CT molecular complexity index is 357. The fourth-order valence-electron chi connectivity index (χ4n) is 1.63. The highest BCUT2D eigenvalue weighted by Crippen LogP contribution is 2.32. The Balaban J connectivity index is 2.10. The van der Waals surface area contributed by atoms with E-state index in [1.165, 1.54) is 0 Å². The molecule has 2 rings (SSSR count). The van der Waals surface area contributed by atoms with Crippen LogP contribution in [-0.2, 0) is 0 Å². The summed E-state index contributed by atoms with van der Waals surface area (Å²) in [5.41, 5.74) is 7.21. The molecule has 0 fully saturated rings. The number of hydrogen-bond acceptors (Lipinski definition) is 4. The molecular weight excluding hydrogens is 222 g/mol. The van der Waals surface area contributed by atoms with Crippen molar-refractivity contribution >= 4 is 11.8 Å². The molecule has 4 heteroatoms. The molecule has 0 saturated heterocycles. The molecule has 1 heterocycles. The summed E-state index contributed by atoms with van der Waals surface area (Å²) in [6.07, 6.45) is 0. The maximum Gasteiger partial charge on any atom is 0.161 e. The number of benzene rings is 1. The van der Waals surface area contributed by atoms with Gasteiger partial charge in [0.2, 0.25) is 0 Å². The molecule has 0 amide bonds. The average Bonchev–Trinajstić information content (AvgIpc) is 2.35. The molecule has 1 atom stereocenters. The van der Waals surface area contributed by atoms with Crippen molar-refractivity contribution in [2.45, 2.75) is 13.0 Å². The summed E-state index contributed by atoms with van der Waals surface area (Å²) >= 11 is 1.85. The summed E-state index contributed by atoms with van der Waals surface area (Å²) < 4.78 is 11.0. The van der Waals surface area contributed by atoms with Gasteiger partial charge in [0.15, 0.2) is 11.5 Å². The lowest BCUT2D eigenvalue weighted by molar-refractivity contribution is 0.171. The lowest BCUT2D eigenvalue weighted by atomic mass is 10.1. The number of nitrogens with two attached hydrogens (primary N) is 1. The van der Waals surface area contributed by atoms with Crippen LogP contribution in [-0.4, -0.2) is 24.7 Å². The molecule has 88 valence electrons. The summed E-state index contributed by atoms with van der Waals surface area (Å²) in [5, 5.41) is 0. The van der Waals surface area contributed by atoms with E-state index in [1.807, 2.05) is 30.0 Å². The minimum absolute atomic E-state index is 0.0702. The largest absolute Gasteiger partial charge is 0.486 e. The third-order valence-electron chi connectivity index (χ3n) is 2.50. The Morgan fingerprint density at radius 1 is 1.31 bits per heavy atom. The van der Waals surface area contributed by atoms with Crippen LogP contribution in [0.15, 0.2) is 18.2 Å². The number of ether oxygens (including phenoxy) is 2. The molecule has 0 radical (unpaired) electrons. The van der Waals surface area contributed by atoms with Crippen molar-refractivity contribution in [2.24, 2.45) is 5.73 Å². The summed E-state index contributed by atoms with van der Waals surface area (Å²) in [6.45, 7) is 3.39. The molecule has 0 aromatic heterocycles. The van der Waals surface area contributed by atoms with Gasteiger partial charge in [0.1, 0.15) is 13.2 Å². The predicted molar refractivity (Wildman–Crippen MR) is 67.4 cm³/mol. The molecule has 1 aliphatic rings. The van der Waals surface area contributed by atoms with Gasteiger partial charge in [-0.1, -0.05) is 13.0 Å². The molecule has 1 unspecified atom stereocenters. The SMILES string of the molecule is CCSCC(N)c1ccc2c(c1)OCCO2. The van der Waals surface area contributed by atoms with Crippen LogP contribution in [0.25, 0.3) is 0 Å². The molecule has 16 heavy (non-hydrogen) atoms. The van der Waals surface area contributed by atoms with E-state index in [0.717, 1.165) is 28.6 Å². The van der Waals surface area contributed by atoms with E-state index >= 15 is 0 Å². The van der Waals surface area contributed by atoms with Crippen LogP contribution in [0.5, 0.6) is 11.5 Å². The maximum absolute atomic E-state index is 6.10. The third kappa shape index (κ3) is 2.62. The van der Waals surface area contributed by atoms with Crippen molar-refractivity contribution in [1.29, 1.82) is 0 Å². The summed E-state index contributed by atoms with van der Waals surface area (Å²) in [7, 11) is 0. The van der Waals surface area contributed by atoms with Crippen LogP contribution in [0.1, 0.15) is 18.5 Å². The van der Waals surface area contributed by atoms with Crippen molar-refractivity contribution in [2.75, 3.05) is 24.7 Å². The lowest BCUT2D eigenvalue weighted by Crippen LogP contribution is -2.17. The van der Waals surface area contributed by atoms with Crippen molar-refractivity contribution in [3.63, 3.8) is 0 Å². The van der Waals surface area contributed by atoms with Crippen molar-refractivity contribution < 1.29 is 9.47 Å². The van der Waals surface area contributed by atoms with Crippen LogP contribution in [0, 0.1) is 0 Å². The highest BCUT2D eigenvalue weighted by atomic mass is 32.2. The Labute approximate surface area is 100 Å². The molecule has 0 saturated carbocycles. The van der Waals surface area contributed by atoms with Gasteiger partial charge in [0.25, 0.3) is 0 Å². The highest BCUT2D eigenvalue weighted by Gasteiger charge is 2.14. The number of fused-ring (bicyclic) bond motifs is 1. The van der Waals surface area contributed by atoms with E-state index in [2.05, 4.69) is 6.92 Å². The van der Waals surface area contributed by atoms with Crippen LogP contribution in [0.3, 0.4) is 0 Å². The van der Waals surface area contributed by atoms with E-state index in [1.54, 1.807) is 0 Å². The van der Waals surface area contributed by atoms with Gasteiger partial charge >= 0.3 is 0 Å². The molecule has 1 aromatic rings. The predicted octanol–water partition coefficient (Wildman–Crippen LogP) is 2.21. The van der Waals surface area contributed by atoms with Crippen LogP contribution in [0.2, 0.25) is 0 Å². The zero-order valence-electron chi connectivity index (χ0n) is 9.44. The van der Waals surface area contributed by atoms with Gasteiger partial charge in [0, 0.05) is 11.8 Å². The maximum atomic E-state index is 6.10. The van der Waals surface area contributed by atoms with Gasteiger partial charge in [-0.15, -0.1) is 0 Å². The Morgan fingerprint density at radius 2 is 2.06 bits per heavy atom. The summed E-state index contributed by atoms with van der Waals surface area (Å²) in [6, 6.07) is 6.03. The average molecular weight is 239 g/mol. The summed E-state index contributed by atoms with van der Waals surface area (Å²) in [5.74, 6) is 3.68. The van der Waals surface area contributed by atoms with Crippen molar-refractivity contribution in [3.8, 4) is 11.5 Å². The second-order valence-electron chi connectivity index (χ2n) is 3.67. The smallest absolute Gasteiger partial charge is 0.161 e. The first-order valence-electron chi connectivity index (χ1n) is 5.54. The number of hydrogen-bond donors (Lipinski definition) is 1. The van der Waals surface area contributed by atoms with Gasteiger partial charge in [-0.05, 0) is 23.4 Å². The van der Waals surface area contributed by atoms with Crippen LogP contribution >= 0.6 is 11.8 Å². The zero-order valence-corrected chi connectivity index (χ0v) is 10.3. The van der Waals surface area contributed by atoms with Gasteiger partial charge in [-0.25, -0.2) is 0 Å². The molecular formula is C12H17NO2S. The topological polar surface area (TPSA) is 44.5 Å². The molecule has 0 aliphatic carbocycles. The minimum Gasteiger partial charge on any atom is -0.486 e. The molecule has 3 nitrogen and oxygen atoms in total. The monoisotopic (exact) mass is 239 g/mol. The second kappa shape index (κ2) is 5.46. The van der Waals surface area contributed by atoms with Gasteiger partial charge in [-0.2, -0.15) is 11.8 Å². The highest BCUT2D eigenvalue weighted by molar-refractivity contribution is 7.99. The Morgan fingerprint density at radius 3 is 2.81 bits per heavy atom. The van der Waals surface area contributed by atoms with E-state index in [-0.39, 0.29) is 6.04 Å². The Hall–Kier alpha value is -0.870. The van der Waals surface area contributed by atoms with Gasteiger partial charge in [0.05, 0.1) is 0 Å². The molecule has 0 bridgehead atoms. The lowest BCUT2D eigenvalue weighted by Gasteiger charge is -2.20. The fourth-order valence-corrected chi connectivity index (χ4v) is 2.31. The van der Waals surface area contributed by atoms with E-state index in [0.29, 0.717) is 13.2 Å². The van der Waals surface area contributed by atoms with Crippen LogP contribution in [0.4, 0.5) is 0 Å². The Kier molecular flexibility index (Phi) is 3.96. The van der Waals surface area contributed by atoms with E-state index in [9.17, 15) is 0 Å². The second-order valence-corrected chi connectivity index (χ2v) is 4.99. The van der Waals surface area contributed by atoms with Crippen molar-refractivity contribution in [1.82, 2.24) is 0 Å². The van der Waals surface area contributed by atoms with Gasteiger partial charge < -0.3 is 15.2 Å². The standard InChI is InChI=1S/C12H17NO2S/c1-2-16-8-10(13)9-3-4-11-12(7-9)15-6-5-14-11/h3-4,7,10H,2,5-6,8,13H2,1H3. The number of thioether (sulfide) groups is 1. The zero-order chi connectivity index (χ0) is 11.4. The van der Waals surface area contributed by atoms with E-state index < -0.39 is 0 Å². The first-order chi connectivity index (χ1) is 7.81. The fraction of sp³-hybridized carbons (Fsp3) is 0.500. The summed E-state index contributed by atoms with van der Waals surface area (Å²) in [4.78, 5) is 0. The quantitative estimate of drug-likeness (QED) is 0.875. The third-order valence-corrected chi connectivity index (χ3v) is 3.50. The molecule has 1 aromatic carbocycles. The minimum atomic E-state index is 0.0702. The van der Waals surface area contributed by atoms with Crippen molar-refractivity contribution in [3.05, 3.63) is 23.8 Å². The van der Waals surface area contributed by atoms with Crippen LogP contribution < -0.4 is 15.2 Å². The van der Waals surface area contributed by atoms with Gasteiger partial charge in [-0.3, -0.25) is 0 Å². The number of rotatable bonds is 4.